The summed E-state index contributed by atoms with van der Waals surface area (Å²) in [5, 5.41) is 4.27. The fraction of sp³-hybridized carbons (Fsp3) is 0.600. The summed E-state index contributed by atoms with van der Waals surface area (Å²) >= 11 is 1.66. The summed E-state index contributed by atoms with van der Waals surface area (Å²) in [7, 11) is 0. The standard InChI is InChI=1S/C20H28N6OS/c1-12(2)26-9-15(10-26)19(27)23-16-6-8-25(11-16)20-21-7-5-17(24-20)18-13(3)22-14(4)28-18/h5,7,12,15-16H,6,8-11H2,1-4H3,(H,23,27). The number of amides is 1. The van der Waals surface area contributed by atoms with Crippen LogP contribution in [0.3, 0.4) is 0 Å². The van der Waals surface area contributed by atoms with Gasteiger partial charge in [0.05, 0.1) is 27.2 Å². The topological polar surface area (TPSA) is 74.2 Å². The highest BCUT2D eigenvalue weighted by Gasteiger charge is 2.35. The zero-order valence-corrected chi connectivity index (χ0v) is 17.8. The average molecular weight is 401 g/mol. The number of nitrogens with zero attached hydrogens (tertiary/aromatic N) is 5. The van der Waals surface area contributed by atoms with E-state index in [0.717, 1.165) is 59.8 Å². The lowest BCUT2D eigenvalue weighted by Crippen LogP contribution is -2.57. The molecule has 0 saturated carbocycles. The predicted octanol–water partition coefficient (Wildman–Crippen LogP) is 2.25. The molecule has 7 nitrogen and oxygen atoms in total. The Morgan fingerprint density at radius 2 is 2.04 bits per heavy atom. The third kappa shape index (κ3) is 3.89. The van der Waals surface area contributed by atoms with E-state index in [1.54, 1.807) is 11.3 Å². The molecule has 2 aliphatic heterocycles. The molecule has 4 rings (SSSR count). The molecule has 2 aromatic rings. The van der Waals surface area contributed by atoms with Crippen molar-refractivity contribution in [2.75, 3.05) is 31.1 Å². The average Bonchev–Trinajstić information content (AvgIpc) is 3.19. The third-order valence-corrected chi connectivity index (χ3v) is 6.70. The van der Waals surface area contributed by atoms with Crippen LogP contribution in [-0.2, 0) is 4.79 Å². The maximum absolute atomic E-state index is 12.5. The summed E-state index contributed by atoms with van der Waals surface area (Å²) in [5.74, 6) is 1.05. The van der Waals surface area contributed by atoms with E-state index in [0.29, 0.717) is 6.04 Å². The van der Waals surface area contributed by atoms with Crippen molar-refractivity contribution in [3.05, 3.63) is 23.0 Å². The van der Waals surface area contributed by atoms with Gasteiger partial charge < -0.3 is 10.2 Å². The lowest BCUT2D eigenvalue weighted by atomic mass is 9.97. The largest absolute Gasteiger partial charge is 0.351 e. The second kappa shape index (κ2) is 7.75. The molecular formula is C20H28N6OS. The number of hydrogen-bond acceptors (Lipinski definition) is 7. The van der Waals surface area contributed by atoms with Crippen molar-refractivity contribution in [1.29, 1.82) is 0 Å². The minimum Gasteiger partial charge on any atom is -0.351 e. The van der Waals surface area contributed by atoms with Gasteiger partial charge in [0.15, 0.2) is 0 Å². The summed E-state index contributed by atoms with van der Waals surface area (Å²) in [6.45, 7) is 11.7. The first-order valence-corrected chi connectivity index (χ1v) is 10.8. The molecule has 1 atom stereocenters. The number of anilines is 1. The highest BCUT2D eigenvalue weighted by molar-refractivity contribution is 7.15. The molecule has 2 fully saturated rings. The fourth-order valence-corrected chi connectivity index (χ4v) is 4.76. The van der Waals surface area contributed by atoms with Crippen molar-refractivity contribution in [3.63, 3.8) is 0 Å². The normalized spacial score (nSPS) is 20.6. The molecular weight excluding hydrogens is 372 g/mol. The van der Waals surface area contributed by atoms with E-state index in [4.69, 9.17) is 4.98 Å². The molecule has 2 aromatic heterocycles. The number of nitrogens with one attached hydrogen (secondary N) is 1. The summed E-state index contributed by atoms with van der Waals surface area (Å²) < 4.78 is 0. The number of likely N-dealkylation sites (tertiary alicyclic amines) is 1. The SMILES string of the molecule is Cc1nc(C)c(-c2ccnc(N3CCC(NC(=O)C4CN(C(C)C)C4)C3)n2)s1. The Labute approximate surface area is 170 Å². The van der Waals surface area contributed by atoms with Crippen LogP contribution in [-0.4, -0.2) is 64.0 Å². The number of rotatable bonds is 5. The molecule has 1 amide bonds. The van der Waals surface area contributed by atoms with E-state index < -0.39 is 0 Å². The number of aromatic nitrogens is 3. The van der Waals surface area contributed by atoms with Gasteiger partial charge in [0.1, 0.15) is 0 Å². The second-order valence-corrected chi connectivity index (χ2v) is 9.28. The van der Waals surface area contributed by atoms with Gasteiger partial charge >= 0.3 is 0 Å². The Balaban J connectivity index is 1.36. The molecule has 0 spiro atoms. The number of hydrogen-bond donors (Lipinski definition) is 1. The van der Waals surface area contributed by atoms with Crippen LogP contribution in [0.2, 0.25) is 0 Å². The van der Waals surface area contributed by atoms with Gasteiger partial charge in [-0.3, -0.25) is 9.69 Å². The molecule has 1 N–H and O–H groups in total. The van der Waals surface area contributed by atoms with Crippen molar-refractivity contribution < 1.29 is 4.79 Å². The second-order valence-electron chi connectivity index (χ2n) is 8.07. The Bertz CT molecular complexity index is 860. The first-order chi connectivity index (χ1) is 13.4. The van der Waals surface area contributed by atoms with Crippen molar-refractivity contribution in [3.8, 4) is 10.6 Å². The van der Waals surface area contributed by atoms with Crippen molar-refractivity contribution >= 4 is 23.2 Å². The van der Waals surface area contributed by atoms with Crippen LogP contribution in [0.1, 0.15) is 31.0 Å². The van der Waals surface area contributed by atoms with E-state index in [1.165, 1.54) is 0 Å². The molecule has 0 bridgehead atoms. The highest BCUT2D eigenvalue weighted by Crippen LogP contribution is 2.29. The molecule has 0 radical (unpaired) electrons. The summed E-state index contributed by atoms with van der Waals surface area (Å²) in [5.41, 5.74) is 1.93. The van der Waals surface area contributed by atoms with Gasteiger partial charge in [-0.05, 0) is 40.2 Å². The van der Waals surface area contributed by atoms with E-state index in [1.807, 2.05) is 26.1 Å². The van der Waals surface area contributed by atoms with Crippen LogP contribution in [0, 0.1) is 19.8 Å². The Morgan fingerprint density at radius 3 is 2.71 bits per heavy atom. The van der Waals surface area contributed by atoms with Crippen LogP contribution in [0.5, 0.6) is 0 Å². The minimum atomic E-state index is 0.133. The monoisotopic (exact) mass is 400 g/mol. The van der Waals surface area contributed by atoms with Gasteiger partial charge in [0.2, 0.25) is 11.9 Å². The summed E-state index contributed by atoms with van der Waals surface area (Å²) in [6.07, 6.45) is 2.74. The van der Waals surface area contributed by atoms with Crippen LogP contribution in [0.25, 0.3) is 10.6 Å². The highest BCUT2D eigenvalue weighted by atomic mass is 32.1. The van der Waals surface area contributed by atoms with Gasteiger partial charge in [-0.15, -0.1) is 11.3 Å². The van der Waals surface area contributed by atoms with Crippen LogP contribution in [0.4, 0.5) is 5.95 Å². The fourth-order valence-electron chi connectivity index (χ4n) is 3.88. The van der Waals surface area contributed by atoms with Gasteiger partial charge in [-0.2, -0.15) is 0 Å². The minimum absolute atomic E-state index is 0.133. The first kappa shape index (κ1) is 19.3. The lowest BCUT2D eigenvalue weighted by Gasteiger charge is -2.41. The van der Waals surface area contributed by atoms with E-state index >= 15 is 0 Å². The van der Waals surface area contributed by atoms with Gasteiger partial charge in [-0.1, -0.05) is 0 Å². The van der Waals surface area contributed by atoms with E-state index in [-0.39, 0.29) is 17.9 Å². The van der Waals surface area contributed by atoms with Crippen molar-refractivity contribution in [2.24, 2.45) is 5.92 Å². The smallest absolute Gasteiger partial charge is 0.225 e. The third-order valence-electron chi connectivity index (χ3n) is 5.61. The van der Waals surface area contributed by atoms with E-state index in [2.05, 4.69) is 38.9 Å². The molecule has 1 unspecified atom stereocenters. The zero-order chi connectivity index (χ0) is 19.8. The number of aryl methyl sites for hydroxylation is 2. The molecule has 0 aromatic carbocycles. The maximum atomic E-state index is 12.5. The Morgan fingerprint density at radius 1 is 1.25 bits per heavy atom. The molecule has 150 valence electrons. The molecule has 2 saturated heterocycles. The Hall–Kier alpha value is -2.06. The van der Waals surface area contributed by atoms with Crippen LogP contribution in [0.15, 0.2) is 12.3 Å². The number of carbonyl (C=O) groups excluding carboxylic acids is 1. The van der Waals surface area contributed by atoms with Crippen LogP contribution >= 0.6 is 11.3 Å². The summed E-state index contributed by atoms with van der Waals surface area (Å²) in [4.78, 5) is 31.8. The predicted molar refractivity (Wildman–Crippen MR) is 112 cm³/mol. The number of thiazole rings is 1. The molecule has 2 aliphatic rings. The first-order valence-electron chi connectivity index (χ1n) is 9.97. The Kier molecular flexibility index (Phi) is 5.33. The molecule has 4 heterocycles. The van der Waals surface area contributed by atoms with Gasteiger partial charge in [-0.25, -0.2) is 15.0 Å². The number of carbonyl (C=O) groups is 1. The van der Waals surface area contributed by atoms with Crippen molar-refractivity contribution in [1.82, 2.24) is 25.2 Å². The van der Waals surface area contributed by atoms with Crippen LogP contribution < -0.4 is 10.2 Å². The molecule has 0 aliphatic carbocycles. The zero-order valence-electron chi connectivity index (χ0n) is 17.0. The quantitative estimate of drug-likeness (QED) is 0.830. The lowest BCUT2D eigenvalue weighted by molar-refractivity contribution is -0.131. The molecule has 28 heavy (non-hydrogen) atoms. The van der Waals surface area contributed by atoms with E-state index in [9.17, 15) is 4.79 Å². The maximum Gasteiger partial charge on any atom is 0.225 e. The van der Waals surface area contributed by atoms with Gasteiger partial charge in [0, 0.05) is 44.5 Å². The van der Waals surface area contributed by atoms with Gasteiger partial charge in [0.25, 0.3) is 0 Å². The molecule has 8 heteroatoms. The summed E-state index contributed by atoms with van der Waals surface area (Å²) in [6, 6.07) is 2.62. The van der Waals surface area contributed by atoms with Crippen molar-refractivity contribution in [2.45, 2.75) is 46.2 Å².